The first-order valence-corrected chi connectivity index (χ1v) is 9.36. The summed E-state index contributed by atoms with van der Waals surface area (Å²) in [6, 6.07) is 6.39. The van der Waals surface area contributed by atoms with E-state index in [1.807, 2.05) is 0 Å². The van der Waals surface area contributed by atoms with Crippen LogP contribution in [0.5, 0.6) is 0 Å². The van der Waals surface area contributed by atoms with Gasteiger partial charge in [-0.2, -0.15) is 0 Å². The fourth-order valence-corrected chi connectivity index (χ4v) is 3.48. The van der Waals surface area contributed by atoms with Crippen molar-refractivity contribution in [3.63, 3.8) is 0 Å². The molecule has 2 rings (SSSR count). The van der Waals surface area contributed by atoms with Gasteiger partial charge >= 0.3 is 12.0 Å². The molecule has 1 heterocycles. The highest BCUT2D eigenvalue weighted by Gasteiger charge is 2.42. The molecule has 0 saturated carbocycles. The molecule has 0 bridgehead atoms. The van der Waals surface area contributed by atoms with Gasteiger partial charge in [-0.05, 0) is 37.0 Å². The Balaban J connectivity index is 2.12. The van der Waals surface area contributed by atoms with Gasteiger partial charge in [0.15, 0.2) is 5.54 Å². The molecule has 1 aliphatic heterocycles. The Hall–Kier alpha value is -2.28. The Morgan fingerprint density at radius 2 is 1.78 bits per heavy atom. The number of carbonyl (C=O) groups is 3. The van der Waals surface area contributed by atoms with E-state index in [0.717, 1.165) is 0 Å². The number of benzene rings is 1. The van der Waals surface area contributed by atoms with E-state index < -0.39 is 11.5 Å². The van der Waals surface area contributed by atoms with E-state index in [9.17, 15) is 19.5 Å². The van der Waals surface area contributed by atoms with Gasteiger partial charge in [0.2, 0.25) is 5.91 Å². The number of hydrogen-bond acceptors (Lipinski definition) is 3. The Kier molecular flexibility index (Phi) is 6.70. The number of rotatable bonds is 5. The molecule has 0 aromatic heterocycles. The van der Waals surface area contributed by atoms with Crippen LogP contribution in [0.1, 0.15) is 31.7 Å². The van der Waals surface area contributed by atoms with Crippen LogP contribution in [0.2, 0.25) is 5.02 Å². The lowest BCUT2D eigenvalue weighted by Crippen LogP contribution is -2.54. The van der Waals surface area contributed by atoms with E-state index in [1.165, 1.54) is 4.90 Å². The number of nitrogens with zero attached hydrogens (tertiary/aromatic N) is 2. The Labute approximate surface area is 164 Å². The van der Waals surface area contributed by atoms with Crippen molar-refractivity contribution >= 4 is 29.5 Å². The molecule has 1 aromatic rings. The number of carboxylic acids is 1. The number of amides is 3. The second kappa shape index (κ2) is 8.61. The quantitative estimate of drug-likeness (QED) is 0.801. The molecule has 1 fully saturated rings. The summed E-state index contributed by atoms with van der Waals surface area (Å²) in [5.41, 5.74) is -1.02. The highest BCUT2D eigenvalue weighted by atomic mass is 35.5. The molecule has 27 heavy (non-hydrogen) atoms. The third-order valence-corrected chi connectivity index (χ3v) is 5.34. The van der Waals surface area contributed by atoms with E-state index in [2.05, 4.69) is 5.32 Å². The number of carboxylic acid groups (broad SMARTS) is 1. The average Bonchev–Trinajstić information content (AvgIpc) is 2.66. The summed E-state index contributed by atoms with van der Waals surface area (Å²) < 4.78 is 0. The molecule has 0 radical (unpaired) electrons. The van der Waals surface area contributed by atoms with E-state index in [0.29, 0.717) is 36.5 Å². The zero-order valence-corrected chi connectivity index (χ0v) is 16.6. The minimum Gasteiger partial charge on any atom is -0.479 e. The van der Waals surface area contributed by atoms with Gasteiger partial charge in [0.25, 0.3) is 0 Å². The number of piperidine rings is 1. The highest BCUT2D eigenvalue weighted by Crippen LogP contribution is 2.29. The Morgan fingerprint density at radius 1 is 1.22 bits per heavy atom. The van der Waals surface area contributed by atoms with Crippen molar-refractivity contribution in [1.82, 2.24) is 15.1 Å². The summed E-state index contributed by atoms with van der Waals surface area (Å²) in [5.74, 6) is -1.74. The van der Waals surface area contributed by atoms with Gasteiger partial charge < -0.3 is 20.2 Å². The van der Waals surface area contributed by atoms with Crippen LogP contribution in [0.4, 0.5) is 4.79 Å². The van der Waals surface area contributed by atoms with Gasteiger partial charge in [-0.15, -0.1) is 0 Å². The van der Waals surface area contributed by atoms with Gasteiger partial charge in [0, 0.05) is 38.1 Å². The molecule has 148 valence electrons. The normalized spacial score (nSPS) is 17.1. The van der Waals surface area contributed by atoms with Gasteiger partial charge in [0.05, 0.1) is 0 Å². The fraction of sp³-hybridized carbons (Fsp3) is 0.526. The number of aliphatic carboxylic acids is 1. The monoisotopic (exact) mass is 395 g/mol. The predicted octanol–water partition coefficient (Wildman–Crippen LogP) is 2.54. The largest absolute Gasteiger partial charge is 0.479 e. The van der Waals surface area contributed by atoms with Crippen molar-refractivity contribution < 1.29 is 19.5 Å². The van der Waals surface area contributed by atoms with E-state index in [-0.39, 0.29) is 24.3 Å². The van der Waals surface area contributed by atoms with Crippen LogP contribution in [-0.2, 0) is 15.1 Å². The average molecular weight is 396 g/mol. The van der Waals surface area contributed by atoms with Gasteiger partial charge in [-0.25, -0.2) is 9.59 Å². The van der Waals surface area contributed by atoms with Crippen LogP contribution >= 0.6 is 11.6 Å². The van der Waals surface area contributed by atoms with Crippen molar-refractivity contribution in [3.05, 3.63) is 34.9 Å². The highest BCUT2D eigenvalue weighted by molar-refractivity contribution is 6.30. The van der Waals surface area contributed by atoms with Crippen molar-refractivity contribution in [1.29, 1.82) is 0 Å². The minimum atomic E-state index is -1.50. The van der Waals surface area contributed by atoms with Crippen molar-refractivity contribution in [3.8, 4) is 0 Å². The maximum atomic E-state index is 12.8. The SMILES string of the molecule is CCC(NC(=O)C1CCN(C(=O)N(C)C)CC1)(C(=O)O)c1ccc(Cl)cc1. The first-order chi connectivity index (χ1) is 12.7. The van der Waals surface area contributed by atoms with Crippen LogP contribution in [-0.4, -0.2) is 60.0 Å². The van der Waals surface area contributed by atoms with E-state index >= 15 is 0 Å². The van der Waals surface area contributed by atoms with Crippen LogP contribution in [0.25, 0.3) is 0 Å². The second-order valence-electron chi connectivity index (χ2n) is 7.00. The van der Waals surface area contributed by atoms with E-state index in [1.54, 1.807) is 50.2 Å². The topological polar surface area (TPSA) is 90.0 Å². The minimum absolute atomic E-state index is 0.0801. The molecule has 2 N–H and O–H groups in total. The first-order valence-electron chi connectivity index (χ1n) is 8.99. The maximum absolute atomic E-state index is 12.8. The smallest absolute Gasteiger partial charge is 0.334 e. The van der Waals surface area contributed by atoms with E-state index in [4.69, 9.17) is 11.6 Å². The molecule has 7 nitrogen and oxygen atoms in total. The van der Waals surface area contributed by atoms with Crippen molar-refractivity contribution in [2.75, 3.05) is 27.2 Å². The maximum Gasteiger partial charge on any atom is 0.334 e. The van der Waals surface area contributed by atoms with Crippen molar-refractivity contribution in [2.45, 2.75) is 31.7 Å². The zero-order chi connectivity index (χ0) is 20.2. The lowest BCUT2D eigenvalue weighted by atomic mass is 9.85. The van der Waals surface area contributed by atoms with Crippen LogP contribution in [0.3, 0.4) is 0 Å². The molecular weight excluding hydrogens is 370 g/mol. The third-order valence-electron chi connectivity index (χ3n) is 5.09. The molecule has 1 aliphatic rings. The Morgan fingerprint density at radius 3 is 2.22 bits per heavy atom. The van der Waals surface area contributed by atoms with Crippen molar-refractivity contribution in [2.24, 2.45) is 5.92 Å². The molecule has 0 spiro atoms. The standard InChI is InChI=1S/C19H26ClN3O4/c1-4-19(17(25)26,14-5-7-15(20)8-6-14)21-16(24)13-9-11-23(12-10-13)18(27)22(2)3/h5-8,13H,4,9-12H2,1-3H3,(H,21,24)(H,25,26). The zero-order valence-electron chi connectivity index (χ0n) is 15.9. The molecular formula is C19H26ClN3O4. The van der Waals surface area contributed by atoms with Gasteiger partial charge in [0.1, 0.15) is 0 Å². The van der Waals surface area contributed by atoms with Crippen LogP contribution < -0.4 is 5.32 Å². The second-order valence-corrected chi connectivity index (χ2v) is 7.43. The number of hydrogen-bond donors (Lipinski definition) is 2. The van der Waals surface area contributed by atoms with Crippen LogP contribution in [0, 0.1) is 5.92 Å². The molecule has 1 aromatic carbocycles. The Bertz CT molecular complexity index is 699. The lowest BCUT2D eigenvalue weighted by molar-refractivity contribution is -0.149. The first kappa shape index (κ1) is 21.0. The molecule has 8 heteroatoms. The number of likely N-dealkylation sites (tertiary alicyclic amines) is 1. The van der Waals surface area contributed by atoms with Crippen LogP contribution in [0.15, 0.2) is 24.3 Å². The lowest BCUT2D eigenvalue weighted by Gasteiger charge is -2.36. The van der Waals surface area contributed by atoms with Gasteiger partial charge in [-0.1, -0.05) is 30.7 Å². The number of urea groups is 1. The molecule has 1 unspecified atom stereocenters. The predicted molar refractivity (Wildman–Crippen MR) is 103 cm³/mol. The number of nitrogens with one attached hydrogen (secondary N) is 1. The molecule has 1 saturated heterocycles. The molecule has 3 amide bonds. The molecule has 1 atom stereocenters. The summed E-state index contributed by atoms with van der Waals surface area (Å²) in [6.07, 6.45) is 1.21. The third kappa shape index (κ3) is 4.53. The molecule has 0 aliphatic carbocycles. The number of halogens is 1. The fourth-order valence-electron chi connectivity index (χ4n) is 3.36. The summed E-state index contributed by atoms with van der Waals surface area (Å²) in [7, 11) is 3.38. The summed E-state index contributed by atoms with van der Waals surface area (Å²) in [5, 5.41) is 13.1. The summed E-state index contributed by atoms with van der Waals surface area (Å²) in [4.78, 5) is 40.1. The number of carbonyl (C=O) groups excluding carboxylic acids is 2. The summed E-state index contributed by atoms with van der Waals surface area (Å²) >= 11 is 5.90. The summed E-state index contributed by atoms with van der Waals surface area (Å²) in [6.45, 7) is 2.67. The van der Waals surface area contributed by atoms with Gasteiger partial charge in [-0.3, -0.25) is 4.79 Å².